The summed E-state index contributed by atoms with van der Waals surface area (Å²) in [6.45, 7) is 2.27. The summed E-state index contributed by atoms with van der Waals surface area (Å²) in [6.07, 6.45) is 3.36. The third-order valence-electron chi connectivity index (χ3n) is 3.45. The van der Waals surface area contributed by atoms with Crippen molar-refractivity contribution in [3.63, 3.8) is 0 Å². The van der Waals surface area contributed by atoms with Crippen LogP contribution in [0.3, 0.4) is 0 Å². The van der Waals surface area contributed by atoms with Crippen LogP contribution < -0.4 is 5.73 Å². The second-order valence-corrected chi connectivity index (χ2v) is 4.68. The van der Waals surface area contributed by atoms with E-state index in [1.165, 1.54) is 18.5 Å². The zero-order valence-corrected chi connectivity index (χ0v) is 9.45. The van der Waals surface area contributed by atoms with Crippen LogP contribution in [0.1, 0.15) is 24.8 Å². The van der Waals surface area contributed by atoms with E-state index in [-0.39, 0.29) is 5.54 Å². The molecule has 0 aliphatic carbocycles. The average molecular weight is 204 g/mol. The van der Waals surface area contributed by atoms with Crippen LogP contribution in [-0.2, 0) is 5.54 Å². The molecule has 2 heteroatoms. The predicted octanol–water partition coefficient (Wildman–Crippen LogP) is 1.96. The Bertz CT molecular complexity index is 310. The summed E-state index contributed by atoms with van der Waals surface area (Å²) in [7, 11) is 2.18. The molecule has 2 N–H and O–H groups in total. The predicted molar refractivity (Wildman–Crippen MR) is 63.7 cm³/mol. The first-order valence-corrected chi connectivity index (χ1v) is 5.74. The van der Waals surface area contributed by atoms with Crippen LogP contribution >= 0.6 is 0 Å². The van der Waals surface area contributed by atoms with Crippen LogP contribution in [0.5, 0.6) is 0 Å². The molecule has 0 radical (unpaired) electrons. The Kier molecular flexibility index (Phi) is 3.08. The summed E-state index contributed by atoms with van der Waals surface area (Å²) in [4.78, 5) is 2.37. The fourth-order valence-corrected chi connectivity index (χ4v) is 2.35. The highest BCUT2D eigenvalue weighted by molar-refractivity contribution is 5.24. The SMILES string of the molecule is CN1CCCC(N)(c2ccccc2)CC1. The molecule has 1 aromatic carbocycles. The van der Waals surface area contributed by atoms with Gasteiger partial charge in [0.2, 0.25) is 0 Å². The minimum absolute atomic E-state index is 0.105. The van der Waals surface area contributed by atoms with Gasteiger partial charge in [-0.2, -0.15) is 0 Å². The molecule has 15 heavy (non-hydrogen) atoms. The highest BCUT2D eigenvalue weighted by Gasteiger charge is 2.28. The van der Waals surface area contributed by atoms with E-state index in [0.29, 0.717) is 0 Å². The van der Waals surface area contributed by atoms with Crippen molar-refractivity contribution >= 4 is 0 Å². The second-order valence-electron chi connectivity index (χ2n) is 4.68. The fourth-order valence-electron chi connectivity index (χ4n) is 2.35. The lowest BCUT2D eigenvalue weighted by atomic mass is 9.84. The third kappa shape index (κ3) is 2.39. The Hall–Kier alpha value is -0.860. The molecule has 1 atom stereocenters. The number of nitrogens with zero attached hydrogens (tertiary/aromatic N) is 1. The smallest absolute Gasteiger partial charge is 0.0422 e. The Morgan fingerprint density at radius 1 is 1.13 bits per heavy atom. The average Bonchev–Trinajstić information content (AvgIpc) is 2.44. The molecule has 1 unspecified atom stereocenters. The first kappa shape index (κ1) is 10.7. The van der Waals surface area contributed by atoms with E-state index in [1.807, 2.05) is 0 Å². The lowest BCUT2D eigenvalue weighted by Crippen LogP contribution is -2.37. The fraction of sp³-hybridized carbons (Fsp3) is 0.538. The molecular formula is C13H20N2. The van der Waals surface area contributed by atoms with Gasteiger partial charge in [-0.25, -0.2) is 0 Å². The number of hydrogen-bond donors (Lipinski definition) is 1. The lowest BCUT2D eigenvalue weighted by molar-refractivity contribution is 0.329. The number of nitrogens with two attached hydrogens (primary N) is 1. The summed E-state index contributed by atoms with van der Waals surface area (Å²) in [5.74, 6) is 0. The summed E-state index contributed by atoms with van der Waals surface area (Å²) in [6, 6.07) is 10.5. The maximum absolute atomic E-state index is 6.52. The highest BCUT2D eigenvalue weighted by Crippen LogP contribution is 2.29. The largest absolute Gasteiger partial charge is 0.321 e. The molecule has 0 amide bonds. The van der Waals surface area contributed by atoms with Gasteiger partial charge in [0.1, 0.15) is 0 Å². The van der Waals surface area contributed by atoms with Crippen molar-refractivity contribution in [2.75, 3.05) is 20.1 Å². The van der Waals surface area contributed by atoms with Gasteiger partial charge in [0, 0.05) is 5.54 Å². The molecular weight excluding hydrogens is 184 g/mol. The molecule has 0 aromatic heterocycles. The zero-order valence-electron chi connectivity index (χ0n) is 9.45. The molecule has 1 aliphatic rings. The second kappa shape index (κ2) is 4.33. The molecule has 0 saturated carbocycles. The first-order chi connectivity index (χ1) is 7.21. The van der Waals surface area contributed by atoms with Crippen molar-refractivity contribution in [3.8, 4) is 0 Å². The van der Waals surface area contributed by atoms with Crippen molar-refractivity contribution in [1.82, 2.24) is 4.90 Å². The lowest BCUT2D eigenvalue weighted by Gasteiger charge is -2.28. The minimum atomic E-state index is -0.105. The molecule has 1 aromatic rings. The van der Waals surface area contributed by atoms with Crippen molar-refractivity contribution in [2.24, 2.45) is 5.73 Å². The number of rotatable bonds is 1. The van der Waals surface area contributed by atoms with Crippen LogP contribution in [0, 0.1) is 0 Å². The maximum atomic E-state index is 6.52. The Balaban J connectivity index is 2.19. The highest BCUT2D eigenvalue weighted by atomic mass is 15.1. The van der Waals surface area contributed by atoms with Crippen LogP contribution in [0.4, 0.5) is 0 Å². The molecule has 82 valence electrons. The van der Waals surface area contributed by atoms with Gasteiger partial charge in [-0.15, -0.1) is 0 Å². The van der Waals surface area contributed by atoms with Crippen molar-refractivity contribution in [3.05, 3.63) is 35.9 Å². The monoisotopic (exact) mass is 204 g/mol. The van der Waals surface area contributed by atoms with E-state index in [4.69, 9.17) is 5.73 Å². The summed E-state index contributed by atoms with van der Waals surface area (Å²) in [5, 5.41) is 0. The van der Waals surface area contributed by atoms with Gasteiger partial charge in [0.15, 0.2) is 0 Å². The van der Waals surface area contributed by atoms with Gasteiger partial charge < -0.3 is 10.6 Å². The van der Waals surface area contributed by atoms with Crippen LogP contribution in [0.2, 0.25) is 0 Å². The summed E-state index contributed by atoms with van der Waals surface area (Å²) < 4.78 is 0. The quantitative estimate of drug-likeness (QED) is 0.757. The molecule has 2 rings (SSSR count). The number of hydrogen-bond acceptors (Lipinski definition) is 2. The number of benzene rings is 1. The van der Waals surface area contributed by atoms with E-state index in [1.54, 1.807) is 0 Å². The van der Waals surface area contributed by atoms with E-state index in [9.17, 15) is 0 Å². The third-order valence-corrected chi connectivity index (χ3v) is 3.45. The van der Waals surface area contributed by atoms with Crippen molar-refractivity contribution < 1.29 is 0 Å². The van der Waals surface area contributed by atoms with E-state index < -0.39 is 0 Å². The van der Waals surface area contributed by atoms with Gasteiger partial charge in [-0.05, 0) is 45.0 Å². The van der Waals surface area contributed by atoms with Crippen molar-refractivity contribution in [1.29, 1.82) is 0 Å². The molecule has 0 spiro atoms. The first-order valence-electron chi connectivity index (χ1n) is 5.74. The van der Waals surface area contributed by atoms with E-state index in [2.05, 4.69) is 42.3 Å². The molecule has 2 nitrogen and oxygen atoms in total. The molecule has 1 saturated heterocycles. The van der Waals surface area contributed by atoms with Gasteiger partial charge in [-0.1, -0.05) is 30.3 Å². The molecule has 1 aliphatic heterocycles. The van der Waals surface area contributed by atoms with Crippen LogP contribution in [-0.4, -0.2) is 25.0 Å². The van der Waals surface area contributed by atoms with Gasteiger partial charge >= 0.3 is 0 Å². The zero-order chi connectivity index (χ0) is 10.7. The maximum Gasteiger partial charge on any atom is 0.0422 e. The van der Waals surface area contributed by atoms with Gasteiger partial charge in [0.25, 0.3) is 0 Å². The molecule has 1 heterocycles. The van der Waals surface area contributed by atoms with E-state index >= 15 is 0 Å². The Labute approximate surface area is 92.1 Å². The standard InChI is InChI=1S/C13H20N2/c1-15-10-5-8-13(14,9-11-15)12-6-3-2-4-7-12/h2-4,6-7H,5,8-11,14H2,1H3. The summed E-state index contributed by atoms with van der Waals surface area (Å²) >= 11 is 0. The van der Waals surface area contributed by atoms with Crippen LogP contribution in [0.25, 0.3) is 0 Å². The Morgan fingerprint density at radius 3 is 2.60 bits per heavy atom. The van der Waals surface area contributed by atoms with Crippen molar-refractivity contribution in [2.45, 2.75) is 24.8 Å². The molecule has 1 fully saturated rings. The summed E-state index contributed by atoms with van der Waals surface area (Å²) in [5.41, 5.74) is 7.70. The molecule has 0 bridgehead atoms. The number of likely N-dealkylation sites (tertiary alicyclic amines) is 1. The Morgan fingerprint density at radius 2 is 1.87 bits per heavy atom. The van der Waals surface area contributed by atoms with Crippen LogP contribution in [0.15, 0.2) is 30.3 Å². The minimum Gasteiger partial charge on any atom is -0.321 e. The topological polar surface area (TPSA) is 29.3 Å². The van der Waals surface area contributed by atoms with Gasteiger partial charge in [0.05, 0.1) is 0 Å². The normalized spacial score (nSPS) is 28.7. The van der Waals surface area contributed by atoms with E-state index in [0.717, 1.165) is 19.4 Å². The van der Waals surface area contributed by atoms with Gasteiger partial charge in [-0.3, -0.25) is 0 Å².